The fraction of sp³-hybridized carbons (Fsp3) is 0.600. The van der Waals surface area contributed by atoms with Gasteiger partial charge in [0.2, 0.25) is 5.91 Å². The van der Waals surface area contributed by atoms with Crippen LogP contribution in [-0.2, 0) is 9.53 Å². The highest BCUT2D eigenvalue weighted by Crippen LogP contribution is 2.32. The molecule has 1 amide bonds. The summed E-state index contributed by atoms with van der Waals surface area (Å²) in [6.07, 6.45) is -0.950. The van der Waals surface area contributed by atoms with E-state index in [9.17, 15) is 15.0 Å². The maximum Gasteiger partial charge on any atom is 0.231 e. The van der Waals surface area contributed by atoms with Gasteiger partial charge < -0.3 is 20.7 Å². The molecule has 11 heteroatoms. The average Bonchev–Trinajstić information content (AvgIpc) is 2.99. The number of anilines is 1. The van der Waals surface area contributed by atoms with Gasteiger partial charge in [-0.15, -0.1) is 0 Å². The molecule has 1 aliphatic rings. The number of imidazole rings is 1. The van der Waals surface area contributed by atoms with Gasteiger partial charge in [0, 0.05) is 6.92 Å². The van der Waals surface area contributed by atoms with Crippen molar-refractivity contribution in [2.24, 2.45) is 5.92 Å². The van der Waals surface area contributed by atoms with Crippen molar-refractivity contribution in [3.05, 3.63) is 12.7 Å². The molecule has 4 atom stereocenters. The fourth-order valence-electron chi connectivity index (χ4n) is 3.01. The number of rotatable bonds is 4. The number of amides is 1. The first-order valence-electron chi connectivity index (χ1n) is 8.29. The third kappa shape index (κ3) is 3.33. The second-order valence-corrected chi connectivity index (χ2v) is 6.68. The van der Waals surface area contributed by atoms with Gasteiger partial charge >= 0.3 is 0 Å². The Hall–Kier alpha value is -2.34. The number of nitrogens with zero attached hydrogens (tertiary/aromatic N) is 5. The monoisotopic (exact) mass is 365 g/mol. The number of nitrogens with two attached hydrogens (primary N) is 1. The molecule has 0 spiro atoms. The predicted octanol–water partition coefficient (Wildman–Crippen LogP) is -0.658. The molecule has 3 rings (SSSR count). The Balaban J connectivity index is 2.00. The van der Waals surface area contributed by atoms with Gasteiger partial charge in [-0.05, 0) is 12.3 Å². The Kier molecular flexibility index (Phi) is 5.05. The lowest BCUT2D eigenvalue weighted by molar-refractivity contribution is -0.298. The van der Waals surface area contributed by atoms with Crippen LogP contribution in [0.2, 0.25) is 0 Å². The number of carbonyl (C=O) groups is 1. The van der Waals surface area contributed by atoms with E-state index in [2.05, 4.69) is 20.4 Å². The third-order valence-corrected chi connectivity index (χ3v) is 4.12. The summed E-state index contributed by atoms with van der Waals surface area (Å²) < 4.78 is 7.46. The molecular weight excluding hydrogens is 342 g/mol. The Labute approximate surface area is 149 Å². The molecule has 2 aromatic rings. The van der Waals surface area contributed by atoms with E-state index in [1.165, 1.54) is 24.1 Å². The first kappa shape index (κ1) is 18.5. The molecule has 5 N–H and O–H groups in total. The topological polar surface area (TPSA) is 152 Å². The van der Waals surface area contributed by atoms with Crippen molar-refractivity contribution in [1.29, 1.82) is 0 Å². The highest BCUT2D eigenvalue weighted by Gasteiger charge is 2.44. The van der Waals surface area contributed by atoms with Crippen LogP contribution in [0, 0.1) is 5.92 Å². The summed E-state index contributed by atoms with van der Waals surface area (Å²) in [7, 11) is 0. The third-order valence-electron chi connectivity index (χ3n) is 4.12. The number of nitrogens with one attached hydrogen (secondary N) is 1. The van der Waals surface area contributed by atoms with E-state index in [1.807, 2.05) is 13.8 Å². The van der Waals surface area contributed by atoms with Gasteiger partial charge in [-0.25, -0.2) is 15.0 Å². The van der Waals surface area contributed by atoms with Gasteiger partial charge in [0.1, 0.15) is 17.9 Å². The quantitative estimate of drug-likeness (QED) is 0.553. The summed E-state index contributed by atoms with van der Waals surface area (Å²) in [6.45, 7) is 5.26. The van der Waals surface area contributed by atoms with Crippen molar-refractivity contribution in [3.8, 4) is 0 Å². The Bertz CT molecular complexity index is 795. The van der Waals surface area contributed by atoms with Crippen LogP contribution in [0.25, 0.3) is 11.2 Å². The maximum absolute atomic E-state index is 11.5. The smallest absolute Gasteiger partial charge is 0.231 e. The van der Waals surface area contributed by atoms with E-state index in [4.69, 9.17) is 10.5 Å². The highest BCUT2D eigenvalue weighted by molar-refractivity contribution is 5.81. The second kappa shape index (κ2) is 7.11. The number of morpholine rings is 1. The number of carbonyl (C=O) groups excluding carboxylic acids is 1. The summed E-state index contributed by atoms with van der Waals surface area (Å²) in [5.41, 5.74) is 9.02. The van der Waals surface area contributed by atoms with Crippen molar-refractivity contribution < 1.29 is 19.7 Å². The SMILES string of the molecule is CC(=O)NN1C(O)C(CC(C)C)OC(n2cnc3c(N)ncnc32)C1O. The lowest BCUT2D eigenvalue weighted by atomic mass is 10.0. The molecule has 0 saturated carbocycles. The summed E-state index contributed by atoms with van der Waals surface area (Å²) >= 11 is 0. The molecule has 142 valence electrons. The largest absolute Gasteiger partial charge is 0.382 e. The van der Waals surface area contributed by atoms with Crippen molar-refractivity contribution in [3.63, 3.8) is 0 Å². The highest BCUT2D eigenvalue weighted by atomic mass is 16.6. The molecule has 26 heavy (non-hydrogen) atoms. The zero-order valence-corrected chi connectivity index (χ0v) is 14.8. The molecule has 1 fully saturated rings. The van der Waals surface area contributed by atoms with E-state index in [-0.39, 0.29) is 11.7 Å². The Morgan fingerprint density at radius 3 is 2.73 bits per heavy atom. The van der Waals surface area contributed by atoms with Crippen LogP contribution in [0.4, 0.5) is 5.82 Å². The van der Waals surface area contributed by atoms with E-state index in [0.29, 0.717) is 17.6 Å². The minimum atomic E-state index is -1.37. The van der Waals surface area contributed by atoms with Crippen LogP contribution >= 0.6 is 0 Å². The van der Waals surface area contributed by atoms with Crippen LogP contribution in [-0.4, -0.2) is 59.2 Å². The van der Waals surface area contributed by atoms with Gasteiger partial charge in [0.05, 0.1) is 6.33 Å². The number of hydrazine groups is 1. The molecule has 0 radical (unpaired) electrons. The van der Waals surface area contributed by atoms with Gasteiger partial charge in [-0.3, -0.25) is 14.8 Å². The van der Waals surface area contributed by atoms with E-state index >= 15 is 0 Å². The van der Waals surface area contributed by atoms with E-state index in [1.54, 1.807) is 0 Å². The van der Waals surface area contributed by atoms with E-state index in [0.717, 1.165) is 5.01 Å². The number of aromatic nitrogens is 4. The van der Waals surface area contributed by atoms with Crippen LogP contribution in [0.3, 0.4) is 0 Å². The zero-order valence-electron chi connectivity index (χ0n) is 14.8. The fourth-order valence-corrected chi connectivity index (χ4v) is 3.01. The summed E-state index contributed by atoms with van der Waals surface area (Å²) in [4.78, 5) is 23.7. The van der Waals surface area contributed by atoms with Gasteiger partial charge in [-0.2, -0.15) is 5.01 Å². The van der Waals surface area contributed by atoms with Crippen molar-refractivity contribution in [2.45, 2.75) is 52.0 Å². The molecule has 11 nitrogen and oxygen atoms in total. The minimum absolute atomic E-state index is 0.205. The maximum atomic E-state index is 11.5. The first-order valence-corrected chi connectivity index (χ1v) is 8.29. The summed E-state index contributed by atoms with van der Waals surface area (Å²) in [5.74, 6) is 0.00728. The standard InChI is InChI=1S/C15H23N7O4/c1-7(2)4-9-13(24)22(20-8(3)23)14(25)15(26-9)21-6-19-10-11(16)17-5-18-12(10)21/h5-7,9,13-15,24-25H,4H2,1-3H3,(H,20,23)(H2,16,17,18). The minimum Gasteiger partial charge on any atom is -0.382 e. The first-order chi connectivity index (χ1) is 12.3. The van der Waals surface area contributed by atoms with Crippen LogP contribution in [0.1, 0.15) is 33.4 Å². The lowest BCUT2D eigenvalue weighted by Gasteiger charge is -2.45. The second-order valence-electron chi connectivity index (χ2n) is 6.68. The molecule has 2 aromatic heterocycles. The van der Waals surface area contributed by atoms with Gasteiger partial charge in [0.15, 0.2) is 30.1 Å². The number of nitrogen functional groups attached to an aromatic ring is 1. The van der Waals surface area contributed by atoms with Crippen molar-refractivity contribution >= 4 is 22.9 Å². The number of aliphatic hydroxyl groups is 2. The number of fused-ring (bicyclic) bond motifs is 1. The molecular formula is C15H23N7O4. The molecule has 4 unspecified atom stereocenters. The normalized spacial score (nSPS) is 27.2. The van der Waals surface area contributed by atoms with Crippen molar-refractivity contribution in [1.82, 2.24) is 30.0 Å². The van der Waals surface area contributed by atoms with Crippen molar-refractivity contribution in [2.75, 3.05) is 5.73 Å². The molecule has 1 saturated heterocycles. The molecule has 3 heterocycles. The Morgan fingerprint density at radius 1 is 1.35 bits per heavy atom. The average molecular weight is 365 g/mol. The lowest BCUT2D eigenvalue weighted by Crippen LogP contribution is -2.64. The zero-order chi connectivity index (χ0) is 19.0. The van der Waals surface area contributed by atoms with Crippen LogP contribution in [0.5, 0.6) is 0 Å². The van der Waals surface area contributed by atoms with E-state index < -0.39 is 30.7 Å². The van der Waals surface area contributed by atoms with Gasteiger partial charge in [-0.1, -0.05) is 13.8 Å². The predicted molar refractivity (Wildman–Crippen MR) is 90.8 cm³/mol. The van der Waals surface area contributed by atoms with Gasteiger partial charge in [0.25, 0.3) is 0 Å². The number of ether oxygens (including phenoxy) is 1. The summed E-state index contributed by atoms with van der Waals surface area (Å²) in [6, 6.07) is 0. The number of hydrogen-bond acceptors (Lipinski definition) is 9. The Morgan fingerprint density at radius 2 is 2.08 bits per heavy atom. The van der Waals surface area contributed by atoms with Crippen LogP contribution in [0.15, 0.2) is 12.7 Å². The molecule has 1 aliphatic heterocycles. The molecule has 0 aromatic carbocycles. The molecule has 0 bridgehead atoms. The summed E-state index contributed by atoms with van der Waals surface area (Å²) in [5, 5.41) is 22.3. The van der Waals surface area contributed by atoms with Crippen LogP contribution < -0.4 is 11.2 Å². The molecule has 0 aliphatic carbocycles. The number of aliphatic hydroxyl groups excluding tert-OH is 2. The number of hydrogen-bond donors (Lipinski definition) is 4.